The predicted molar refractivity (Wildman–Crippen MR) is 127 cm³/mol. The minimum Gasteiger partial charge on any atom is -0.495 e. The molecule has 0 saturated heterocycles. The summed E-state index contributed by atoms with van der Waals surface area (Å²) in [7, 11) is -0.494. The van der Waals surface area contributed by atoms with Crippen LogP contribution in [0, 0.1) is 6.92 Å². The average Bonchev–Trinajstić information content (AvgIpc) is 2.82. The van der Waals surface area contributed by atoms with Crippen LogP contribution in [-0.2, 0) is 14.8 Å². The Kier molecular flexibility index (Phi) is 8.10. The first-order chi connectivity index (χ1) is 15.7. The smallest absolute Gasteiger partial charge is 0.251 e. The van der Waals surface area contributed by atoms with Crippen molar-refractivity contribution < 1.29 is 22.7 Å². The van der Waals surface area contributed by atoms with Gasteiger partial charge in [0.15, 0.2) is 0 Å². The van der Waals surface area contributed by atoms with Crippen LogP contribution >= 0.6 is 0 Å². The van der Waals surface area contributed by atoms with Crippen LogP contribution in [0.15, 0.2) is 47.4 Å². The third-order valence-corrected chi connectivity index (χ3v) is 7.85. The lowest BCUT2D eigenvalue weighted by Gasteiger charge is -2.30. The molecule has 2 aromatic carbocycles. The summed E-state index contributed by atoms with van der Waals surface area (Å²) in [4.78, 5) is 24.9. The third kappa shape index (κ3) is 6.11. The van der Waals surface area contributed by atoms with Gasteiger partial charge in [0.1, 0.15) is 5.75 Å². The summed E-state index contributed by atoms with van der Waals surface area (Å²) < 4.78 is 32.6. The molecule has 1 saturated carbocycles. The van der Waals surface area contributed by atoms with E-state index in [1.807, 2.05) is 13.0 Å². The second-order valence-corrected chi connectivity index (χ2v) is 10.3. The summed E-state index contributed by atoms with van der Waals surface area (Å²) in [6.07, 6.45) is 4.95. The van der Waals surface area contributed by atoms with Gasteiger partial charge < -0.3 is 15.4 Å². The van der Waals surface area contributed by atoms with Gasteiger partial charge in [0.2, 0.25) is 15.9 Å². The number of benzene rings is 2. The minimum absolute atomic E-state index is 0.0114. The maximum absolute atomic E-state index is 12.9. The number of nitrogens with zero attached hydrogens (tertiary/aromatic N) is 1. The maximum Gasteiger partial charge on any atom is 0.251 e. The van der Waals surface area contributed by atoms with E-state index in [1.165, 1.54) is 35.7 Å². The Bertz CT molecular complexity index is 1090. The van der Waals surface area contributed by atoms with Gasteiger partial charge in [-0.1, -0.05) is 25.3 Å². The van der Waals surface area contributed by atoms with Crippen molar-refractivity contribution in [1.29, 1.82) is 0 Å². The highest BCUT2D eigenvalue weighted by molar-refractivity contribution is 7.89. The van der Waals surface area contributed by atoms with Gasteiger partial charge in [-0.25, -0.2) is 8.42 Å². The van der Waals surface area contributed by atoms with Crippen LogP contribution in [0.5, 0.6) is 5.75 Å². The fraction of sp³-hybridized carbons (Fsp3) is 0.417. The second kappa shape index (κ2) is 10.8. The molecule has 1 aliphatic rings. The molecule has 0 spiro atoms. The molecule has 9 heteroatoms. The van der Waals surface area contributed by atoms with Gasteiger partial charge >= 0.3 is 0 Å². The molecule has 8 nitrogen and oxygen atoms in total. The average molecular weight is 474 g/mol. The van der Waals surface area contributed by atoms with Gasteiger partial charge in [0.05, 0.1) is 24.2 Å². The molecule has 0 bridgehead atoms. The molecule has 3 rings (SSSR count). The number of hydrogen-bond donors (Lipinski definition) is 2. The zero-order valence-corrected chi connectivity index (χ0v) is 20.1. The Hall–Kier alpha value is -2.91. The SMILES string of the molecule is COc1ccc(C)cc1NC(=O)CNC(=O)c1ccc(S(=O)(=O)N(C)C2CCCCC2)cc1. The first-order valence-corrected chi connectivity index (χ1v) is 12.5. The van der Waals surface area contributed by atoms with E-state index < -0.39 is 21.8 Å². The Balaban J connectivity index is 1.59. The van der Waals surface area contributed by atoms with Crippen molar-refractivity contribution in [2.24, 2.45) is 0 Å². The normalized spacial score (nSPS) is 14.7. The molecule has 1 aliphatic carbocycles. The molecule has 178 valence electrons. The number of nitrogens with one attached hydrogen (secondary N) is 2. The molecule has 0 heterocycles. The van der Waals surface area contributed by atoms with Crippen molar-refractivity contribution in [2.75, 3.05) is 26.0 Å². The van der Waals surface area contributed by atoms with Crippen molar-refractivity contribution in [2.45, 2.75) is 50.0 Å². The molecule has 0 unspecified atom stereocenters. The Morgan fingerprint density at radius 2 is 1.73 bits per heavy atom. The molecule has 2 amide bonds. The topological polar surface area (TPSA) is 105 Å². The zero-order valence-electron chi connectivity index (χ0n) is 19.3. The van der Waals surface area contributed by atoms with Crippen molar-refractivity contribution in [3.8, 4) is 5.75 Å². The Morgan fingerprint density at radius 1 is 1.06 bits per heavy atom. The highest BCUT2D eigenvalue weighted by Crippen LogP contribution is 2.27. The van der Waals surface area contributed by atoms with Crippen LogP contribution in [0.25, 0.3) is 0 Å². The number of rotatable bonds is 8. The lowest BCUT2D eigenvalue weighted by Crippen LogP contribution is -2.38. The maximum atomic E-state index is 12.9. The molecular formula is C24H31N3O5S. The molecule has 0 atom stereocenters. The van der Waals surface area contributed by atoms with Crippen LogP contribution in [0.2, 0.25) is 0 Å². The van der Waals surface area contributed by atoms with E-state index in [9.17, 15) is 18.0 Å². The quantitative estimate of drug-likeness (QED) is 0.612. The first kappa shape index (κ1) is 24.7. The number of hydrogen-bond acceptors (Lipinski definition) is 5. The molecule has 0 aliphatic heterocycles. The van der Waals surface area contributed by atoms with Gasteiger partial charge in [0, 0.05) is 18.7 Å². The van der Waals surface area contributed by atoms with E-state index in [2.05, 4.69) is 10.6 Å². The van der Waals surface area contributed by atoms with Crippen LogP contribution in [0.1, 0.15) is 48.0 Å². The summed E-state index contributed by atoms with van der Waals surface area (Å²) in [6.45, 7) is 1.66. The van der Waals surface area contributed by atoms with Crippen LogP contribution in [0.4, 0.5) is 5.69 Å². The molecule has 0 radical (unpaired) electrons. The highest BCUT2D eigenvalue weighted by atomic mass is 32.2. The summed E-state index contributed by atoms with van der Waals surface area (Å²) in [5.74, 6) is -0.346. The largest absolute Gasteiger partial charge is 0.495 e. The van der Waals surface area contributed by atoms with Gasteiger partial charge in [-0.15, -0.1) is 0 Å². The number of carbonyl (C=O) groups excluding carboxylic acids is 2. The van der Waals surface area contributed by atoms with Gasteiger partial charge in [-0.3, -0.25) is 9.59 Å². The summed E-state index contributed by atoms with van der Waals surface area (Å²) in [5.41, 5.74) is 1.75. The fourth-order valence-corrected chi connectivity index (χ4v) is 5.38. The molecule has 0 aromatic heterocycles. The predicted octanol–water partition coefficient (Wildman–Crippen LogP) is 3.33. The number of amides is 2. The summed E-state index contributed by atoms with van der Waals surface area (Å²) in [5, 5.41) is 5.27. The second-order valence-electron chi connectivity index (χ2n) is 8.27. The van der Waals surface area contributed by atoms with Crippen LogP contribution in [-0.4, -0.2) is 51.3 Å². The van der Waals surface area contributed by atoms with E-state index in [4.69, 9.17) is 4.74 Å². The standard InChI is InChI=1S/C24H31N3O5S/c1-17-9-14-22(32-3)21(15-17)26-23(28)16-25-24(29)18-10-12-20(13-11-18)33(30,31)27(2)19-7-5-4-6-8-19/h9-15,19H,4-8,16H2,1-3H3,(H,25,29)(H,26,28). The van der Waals surface area contributed by atoms with Gasteiger partial charge in [-0.05, 0) is 61.7 Å². The van der Waals surface area contributed by atoms with Crippen molar-refractivity contribution >= 4 is 27.5 Å². The monoisotopic (exact) mass is 473 g/mol. The van der Waals surface area contributed by atoms with E-state index in [0.29, 0.717) is 11.4 Å². The van der Waals surface area contributed by atoms with Crippen molar-refractivity contribution in [3.63, 3.8) is 0 Å². The van der Waals surface area contributed by atoms with Crippen molar-refractivity contribution in [3.05, 3.63) is 53.6 Å². The van der Waals surface area contributed by atoms with Gasteiger partial charge in [-0.2, -0.15) is 4.31 Å². The molecule has 1 fully saturated rings. The number of aryl methyl sites for hydroxylation is 1. The molecule has 2 N–H and O–H groups in total. The highest BCUT2D eigenvalue weighted by Gasteiger charge is 2.29. The van der Waals surface area contributed by atoms with E-state index in [0.717, 1.165) is 37.7 Å². The number of anilines is 1. The zero-order chi connectivity index (χ0) is 24.0. The minimum atomic E-state index is -3.63. The van der Waals surface area contributed by atoms with Crippen LogP contribution in [0.3, 0.4) is 0 Å². The summed E-state index contributed by atoms with van der Waals surface area (Å²) >= 11 is 0. The molecule has 2 aromatic rings. The van der Waals surface area contributed by atoms with Crippen molar-refractivity contribution in [1.82, 2.24) is 9.62 Å². The molecule has 33 heavy (non-hydrogen) atoms. The number of sulfonamides is 1. The van der Waals surface area contributed by atoms with Crippen LogP contribution < -0.4 is 15.4 Å². The first-order valence-electron chi connectivity index (χ1n) is 11.0. The fourth-order valence-electron chi connectivity index (χ4n) is 3.96. The third-order valence-electron chi connectivity index (χ3n) is 5.92. The van der Waals surface area contributed by atoms with E-state index >= 15 is 0 Å². The lowest BCUT2D eigenvalue weighted by molar-refractivity contribution is -0.115. The number of carbonyl (C=O) groups is 2. The number of ether oxygens (including phenoxy) is 1. The molecular weight excluding hydrogens is 442 g/mol. The Morgan fingerprint density at radius 3 is 2.36 bits per heavy atom. The van der Waals surface area contributed by atoms with E-state index in [1.54, 1.807) is 19.2 Å². The lowest BCUT2D eigenvalue weighted by atomic mass is 9.96. The van der Waals surface area contributed by atoms with E-state index in [-0.39, 0.29) is 23.0 Å². The summed E-state index contributed by atoms with van der Waals surface area (Å²) in [6, 6.07) is 11.2. The van der Waals surface area contributed by atoms with Gasteiger partial charge in [0.25, 0.3) is 5.91 Å². The Labute approximate surface area is 195 Å². The number of methoxy groups -OCH3 is 1.